The first-order valence-corrected chi connectivity index (χ1v) is 5.04. The number of carboxylic acids is 2. The second-order valence-electron chi connectivity index (χ2n) is 3.66. The molecule has 0 spiro atoms. The number of hydrogen-bond donors (Lipinski definition) is 2. The Morgan fingerprint density at radius 3 is 2.59 bits per heavy atom. The molecule has 0 radical (unpaired) electrons. The van der Waals surface area contributed by atoms with Crippen LogP contribution in [0.2, 0.25) is 0 Å². The van der Waals surface area contributed by atoms with Gasteiger partial charge in [-0.3, -0.25) is 4.79 Å². The molecule has 2 N–H and O–H groups in total. The molecule has 1 aromatic heterocycles. The summed E-state index contributed by atoms with van der Waals surface area (Å²) in [5.41, 5.74) is 0.749. The summed E-state index contributed by atoms with van der Waals surface area (Å²) >= 11 is 0. The predicted molar refractivity (Wildman–Crippen MR) is 59.1 cm³/mol. The lowest BCUT2D eigenvalue weighted by Gasteiger charge is -1.92. The Morgan fingerprint density at radius 1 is 1.18 bits per heavy atom. The third-order valence-corrected chi connectivity index (χ3v) is 2.40. The summed E-state index contributed by atoms with van der Waals surface area (Å²) < 4.78 is 5.40. The Labute approximate surface area is 96.3 Å². The largest absolute Gasteiger partial charge is 0.481 e. The zero-order valence-electron chi connectivity index (χ0n) is 8.84. The second-order valence-corrected chi connectivity index (χ2v) is 3.66. The second kappa shape index (κ2) is 4.29. The van der Waals surface area contributed by atoms with Crippen molar-refractivity contribution in [3.05, 3.63) is 35.6 Å². The van der Waals surface area contributed by atoms with Crippen LogP contribution in [0, 0.1) is 0 Å². The van der Waals surface area contributed by atoms with Gasteiger partial charge in [-0.05, 0) is 24.3 Å². The standard InChI is InChI=1S/C12H10O5/c13-11(14)4-2-9-6-8-5-7(12(15)16)1-3-10(8)17-9/h1,3,5-6H,2,4H2,(H,13,14)(H,15,16). The maximum absolute atomic E-state index is 10.8. The molecule has 0 unspecified atom stereocenters. The lowest BCUT2D eigenvalue weighted by Crippen LogP contribution is -1.95. The molecule has 0 atom stereocenters. The number of furan rings is 1. The van der Waals surface area contributed by atoms with Crippen molar-refractivity contribution < 1.29 is 24.2 Å². The number of hydrogen-bond acceptors (Lipinski definition) is 3. The summed E-state index contributed by atoms with van der Waals surface area (Å²) in [4.78, 5) is 21.2. The summed E-state index contributed by atoms with van der Waals surface area (Å²) in [6.07, 6.45) is 0.290. The summed E-state index contributed by atoms with van der Waals surface area (Å²) in [5.74, 6) is -1.35. The number of aliphatic carboxylic acids is 1. The van der Waals surface area contributed by atoms with Gasteiger partial charge in [-0.25, -0.2) is 4.79 Å². The monoisotopic (exact) mass is 234 g/mol. The molecule has 88 valence electrons. The van der Waals surface area contributed by atoms with Gasteiger partial charge in [0.25, 0.3) is 0 Å². The van der Waals surface area contributed by atoms with E-state index >= 15 is 0 Å². The minimum absolute atomic E-state index is 0.00832. The van der Waals surface area contributed by atoms with Crippen LogP contribution in [0.15, 0.2) is 28.7 Å². The summed E-state index contributed by atoms with van der Waals surface area (Å²) in [6, 6.07) is 6.20. The van der Waals surface area contributed by atoms with E-state index in [1.165, 1.54) is 12.1 Å². The smallest absolute Gasteiger partial charge is 0.335 e. The molecule has 2 aromatic rings. The van der Waals surface area contributed by atoms with E-state index in [1.54, 1.807) is 12.1 Å². The fourth-order valence-corrected chi connectivity index (χ4v) is 1.58. The maximum atomic E-state index is 10.8. The highest BCUT2D eigenvalue weighted by Gasteiger charge is 2.09. The Bertz CT molecular complexity index is 582. The summed E-state index contributed by atoms with van der Waals surface area (Å²) in [7, 11) is 0. The maximum Gasteiger partial charge on any atom is 0.335 e. The molecule has 0 bridgehead atoms. The fraction of sp³-hybridized carbons (Fsp3) is 0.167. The molecule has 1 heterocycles. The van der Waals surface area contributed by atoms with Crippen molar-refractivity contribution in [1.82, 2.24) is 0 Å². The highest BCUT2D eigenvalue weighted by Crippen LogP contribution is 2.21. The van der Waals surface area contributed by atoms with E-state index < -0.39 is 11.9 Å². The van der Waals surface area contributed by atoms with E-state index in [1.807, 2.05) is 0 Å². The first-order valence-electron chi connectivity index (χ1n) is 5.04. The zero-order chi connectivity index (χ0) is 12.4. The Morgan fingerprint density at radius 2 is 1.94 bits per heavy atom. The Hall–Kier alpha value is -2.30. The summed E-state index contributed by atoms with van der Waals surface area (Å²) in [5, 5.41) is 18.0. The third kappa shape index (κ3) is 2.44. The SMILES string of the molecule is O=C(O)CCc1cc2cc(C(=O)O)ccc2o1. The van der Waals surface area contributed by atoms with Crippen molar-refractivity contribution in [3.8, 4) is 0 Å². The summed E-state index contributed by atoms with van der Waals surface area (Å²) in [6.45, 7) is 0. The van der Waals surface area contributed by atoms with E-state index in [-0.39, 0.29) is 12.0 Å². The molecule has 0 fully saturated rings. The van der Waals surface area contributed by atoms with E-state index in [2.05, 4.69) is 0 Å². The van der Waals surface area contributed by atoms with Crippen LogP contribution in [0.3, 0.4) is 0 Å². The molecule has 0 saturated heterocycles. The predicted octanol–water partition coefficient (Wildman–Crippen LogP) is 2.15. The van der Waals surface area contributed by atoms with Crippen molar-refractivity contribution in [2.75, 3.05) is 0 Å². The molecule has 0 saturated carbocycles. The topological polar surface area (TPSA) is 87.7 Å². The number of benzene rings is 1. The van der Waals surface area contributed by atoms with Gasteiger partial charge in [-0.2, -0.15) is 0 Å². The lowest BCUT2D eigenvalue weighted by molar-refractivity contribution is -0.137. The highest BCUT2D eigenvalue weighted by molar-refractivity contribution is 5.93. The van der Waals surface area contributed by atoms with Crippen LogP contribution in [0.25, 0.3) is 11.0 Å². The van der Waals surface area contributed by atoms with Crippen LogP contribution in [-0.4, -0.2) is 22.2 Å². The van der Waals surface area contributed by atoms with Crippen LogP contribution in [-0.2, 0) is 11.2 Å². The van der Waals surface area contributed by atoms with E-state index in [0.29, 0.717) is 23.2 Å². The van der Waals surface area contributed by atoms with Gasteiger partial charge in [-0.1, -0.05) is 0 Å². The van der Waals surface area contributed by atoms with Crippen molar-refractivity contribution in [2.45, 2.75) is 12.8 Å². The van der Waals surface area contributed by atoms with Crippen LogP contribution < -0.4 is 0 Å². The van der Waals surface area contributed by atoms with Gasteiger partial charge >= 0.3 is 11.9 Å². The normalized spacial score (nSPS) is 10.6. The number of aromatic carboxylic acids is 1. The molecule has 0 aliphatic rings. The molecule has 17 heavy (non-hydrogen) atoms. The molecule has 0 aliphatic carbocycles. The van der Waals surface area contributed by atoms with Gasteiger partial charge in [0.05, 0.1) is 12.0 Å². The van der Waals surface area contributed by atoms with E-state index in [0.717, 1.165) is 0 Å². The Balaban J connectivity index is 2.30. The zero-order valence-corrected chi connectivity index (χ0v) is 8.84. The van der Waals surface area contributed by atoms with Gasteiger partial charge < -0.3 is 14.6 Å². The van der Waals surface area contributed by atoms with E-state index in [4.69, 9.17) is 14.6 Å². The molecule has 1 aromatic carbocycles. The number of aryl methyl sites for hydroxylation is 1. The van der Waals surface area contributed by atoms with Crippen LogP contribution in [0.4, 0.5) is 0 Å². The van der Waals surface area contributed by atoms with Crippen molar-refractivity contribution in [1.29, 1.82) is 0 Å². The fourth-order valence-electron chi connectivity index (χ4n) is 1.58. The molecule has 2 rings (SSSR count). The van der Waals surface area contributed by atoms with Gasteiger partial charge in [0.15, 0.2) is 0 Å². The van der Waals surface area contributed by atoms with Gasteiger partial charge in [-0.15, -0.1) is 0 Å². The average molecular weight is 234 g/mol. The van der Waals surface area contributed by atoms with Crippen LogP contribution in [0.1, 0.15) is 22.5 Å². The quantitative estimate of drug-likeness (QED) is 0.846. The lowest BCUT2D eigenvalue weighted by atomic mass is 10.1. The number of rotatable bonds is 4. The highest BCUT2D eigenvalue weighted by atomic mass is 16.4. The third-order valence-electron chi connectivity index (χ3n) is 2.40. The first-order chi connectivity index (χ1) is 8.06. The molecule has 0 aliphatic heterocycles. The van der Waals surface area contributed by atoms with Gasteiger partial charge in [0.2, 0.25) is 0 Å². The van der Waals surface area contributed by atoms with Crippen molar-refractivity contribution in [3.63, 3.8) is 0 Å². The van der Waals surface area contributed by atoms with Crippen molar-refractivity contribution >= 4 is 22.9 Å². The van der Waals surface area contributed by atoms with Crippen LogP contribution >= 0.6 is 0 Å². The molecular weight excluding hydrogens is 224 g/mol. The molecular formula is C12H10O5. The number of carboxylic acid groups (broad SMARTS) is 2. The number of fused-ring (bicyclic) bond motifs is 1. The minimum Gasteiger partial charge on any atom is -0.481 e. The first kappa shape index (κ1) is 11.2. The van der Waals surface area contributed by atoms with Crippen molar-refractivity contribution in [2.24, 2.45) is 0 Å². The molecule has 0 amide bonds. The molecule has 5 nitrogen and oxygen atoms in total. The molecule has 5 heteroatoms. The number of carbonyl (C=O) groups is 2. The van der Waals surface area contributed by atoms with Crippen LogP contribution in [0.5, 0.6) is 0 Å². The van der Waals surface area contributed by atoms with Gasteiger partial charge in [0.1, 0.15) is 11.3 Å². The Kier molecular flexibility index (Phi) is 2.82. The average Bonchev–Trinajstić information content (AvgIpc) is 2.67. The van der Waals surface area contributed by atoms with E-state index in [9.17, 15) is 9.59 Å². The van der Waals surface area contributed by atoms with Gasteiger partial charge in [0, 0.05) is 11.8 Å². The minimum atomic E-state index is -1.000.